The Morgan fingerprint density at radius 3 is 1.85 bits per heavy atom. The first-order valence-electron chi connectivity index (χ1n) is 17.7. The quantitative estimate of drug-likeness (QED) is 0.173. The minimum atomic E-state index is -2.32. The number of rotatable bonds is 6. The minimum absolute atomic E-state index is 0.162. The van der Waals surface area contributed by atoms with Crippen molar-refractivity contribution in [1.29, 1.82) is 0 Å². The third-order valence-electron chi connectivity index (χ3n) is 9.31. The van der Waals surface area contributed by atoms with E-state index < -0.39 is 6.85 Å². The zero-order chi connectivity index (χ0) is 34.6. The summed E-state index contributed by atoms with van der Waals surface area (Å²) in [6.07, 6.45) is 1.81. The van der Waals surface area contributed by atoms with E-state index in [1.165, 1.54) is 0 Å². The standard InChI is InChI=1S/C44H42NO/c1-27(2)37-23-33(31-15-10-8-11-16-31)24-38(28(3)4)42(37)39-25-40(45(7)26-30(39)6)41-29(5)21-22-36-35-20-14-19-34(43(35)46-44(36)41)32-17-12-9-13-18-32/h8-28H,1-7H3/q+1/i6D3. The van der Waals surface area contributed by atoms with Gasteiger partial charge in [0.25, 0.3) is 0 Å². The summed E-state index contributed by atoms with van der Waals surface area (Å²) >= 11 is 0. The largest absolute Gasteiger partial charge is 0.454 e. The van der Waals surface area contributed by atoms with Gasteiger partial charge in [-0.25, -0.2) is 4.57 Å². The summed E-state index contributed by atoms with van der Waals surface area (Å²) in [5.41, 5.74) is 13.4. The average Bonchev–Trinajstić information content (AvgIpc) is 3.47. The van der Waals surface area contributed by atoms with Gasteiger partial charge in [-0.3, -0.25) is 0 Å². The highest BCUT2D eigenvalue weighted by Gasteiger charge is 2.26. The summed E-state index contributed by atoms with van der Waals surface area (Å²) in [6, 6.07) is 38.0. The fourth-order valence-corrected chi connectivity index (χ4v) is 6.93. The minimum Gasteiger partial charge on any atom is -0.454 e. The molecule has 0 fully saturated rings. The van der Waals surface area contributed by atoms with Crippen LogP contribution in [-0.4, -0.2) is 0 Å². The highest BCUT2D eigenvalue weighted by Crippen LogP contribution is 2.44. The van der Waals surface area contributed by atoms with Crippen molar-refractivity contribution in [2.24, 2.45) is 7.05 Å². The normalized spacial score (nSPS) is 13.0. The molecule has 2 heteroatoms. The number of furan rings is 1. The maximum Gasteiger partial charge on any atom is 0.216 e. The fourth-order valence-electron chi connectivity index (χ4n) is 6.93. The summed E-state index contributed by atoms with van der Waals surface area (Å²) in [4.78, 5) is 0. The van der Waals surface area contributed by atoms with Gasteiger partial charge in [0.1, 0.15) is 18.2 Å². The molecule has 0 aliphatic heterocycles. The molecule has 2 nitrogen and oxygen atoms in total. The smallest absolute Gasteiger partial charge is 0.216 e. The number of aromatic nitrogens is 1. The molecule has 0 saturated carbocycles. The second-order valence-electron chi connectivity index (χ2n) is 13.1. The first kappa shape index (κ1) is 26.3. The molecule has 0 bridgehead atoms. The summed E-state index contributed by atoms with van der Waals surface area (Å²) in [5, 5.41) is 2.09. The number of para-hydroxylation sites is 1. The Bertz CT molecular complexity index is 2300. The van der Waals surface area contributed by atoms with Crippen LogP contribution in [0, 0.1) is 13.8 Å². The molecule has 2 aromatic heterocycles. The van der Waals surface area contributed by atoms with Gasteiger partial charge in [0, 0.05) is 32.1 Å². The van der Waals surface area contributed by atoms with Crippen molar-refractivity contribution in [3.63, 3.8) is 0 Å². The van der Waals surface area contributed by atoms with E-state index in [0.29, 0.717) is 5.56 Å². The molecule has 0 atom stereocenters. The van der Waals surface area contributed by atoms with Crippen LogP contribution >= 0.6 is 0 Å². The van der Waals surface area contributed by atoms with E-state index in [-0.39, 0.29) is 11.8 Å². The molecule has 0 unspecified atom stereocenters. The molecule has 0 saturated heterocycles. The molecule has 0 aliphatic carbocycles. The Kier molecular flexibility index (Phi) is 6.72. The van der Waals surface area contributed by atoms with Crippen molar-refractivity contribution < 1.29 is 13.1 Å². The Morgan fingerprint density at radius 2 is 1.22 bits per heavy atom. The van der Waals surface area contributed by atoms with Crippen LogP contribution in [0.15, 0.2) is 120 Å². The van der Waals surface area contributed by atoms with Gasteiger partial charge < -0.3 is 4.42 Å². The van der Waals surface area contributed by atoms with Crippen molar-refractivity contribution in [2.75, 3.05) is 0 Å². The topological polar surface area (TPSA) is 17.0 Å². The molecule has 0 spiro atoms. The first-order chi connectivity index (χ1) is 23.4. The van der Waals surface area contributed by atoms with E-state index in [9.17, 15) is 0 Å². The molecule has 0 aliphatic rings. The highest BCUT2D eigenvalue weighted by atomic mass is 16.3. The SMILES string of the molecule is [2H]C([2H])([2H])c1c[n+](C)c(-c2c(C)ccc3c2oc2c(-c4ccccc4)cccc23)cc1-c1c(C(C)C)cc(-c2ccccc2)cc1C(C)C. The molecule has 46 heavy (non-hydrogen) atoms. The molecule has 7 aromatic rings. The van der Waals surface area contributed by atoms with E-state index in [1.54, 1.807) is 0 Å². The molecule has 7 rings (SSSR count). The zero-order valence-electron chi connectivity index (χ0n) is 30.5. The van der Waals surface area contributed by atoms with E-state index in [4.69, 9.17) is 8.53 Å². The zero-order valence-corrected chi connectivity index (χ0v) is 27.5. The van der Waals surface area contributed by atoms with Crippen LogP contribution in [0.25, 0.3) is 66.6 Å². The molecular weight excluding hydrogens is 558 g/mol. The van der Waals surface area contributed by atoms with Crippen LogP contribution in [0.4, 0.5) is 0 Å². The Morgan fingerprint density at radius 1 is 0.587 bits per heavy atom. The van der Waals surface area contributed by atoms with Gasteiger partial charge >= 0.3 is 0 Å². The Labute approximate surface area is 277 Å². The van der Waals surface area contributed by atoms with Gasteiger partial charge in [0.2, 0.25) is 5.69 Å². The van der Waals surface area contributed by atoms with Crippen molar-refractivity contribution in [2.45, 2.75) is 53.3 Å². The Hall–Kier alpha value is -4.95. The monoisotopic (exact) mass is 603 g/mol. The van der Waals surface area contributed by atoms with Crippen LogP contribution in [0.2, 0.25) is 0 Å². The van der Waals surface area contributed by atoms with Gasteiger partial charge in [-0.2, -0.15) is 0 Å². The average molecular weight is 604 g/mol. The van der Waals surface area contributed by atoms with Crippen LogP contribution < -0.4 is 4.57 Å². The van der Waals surface area contributed by atoms with Crippen molar-refractivity contribution in [3.8, 4) is 44.6 Å². The van der Waals surface area contributed by atoms with Crippen LogP contribution in [-0.2, 0) is 7.05 Å². The van der Waals surface area contributed by atoms with E-state index in [2.05, 4.69) is 120 Å². The van der Waals surface area contributed by atoms with Crippen molar-refractivity contribution >= 4 is 21.9 Å². The lowest BCUT2D eigenvalue weighted by Crippen LogP contribution is -2.31. The van der Waals surface area contributed by atoms with Crippen LogP contribution in [0.1, 0.15) is 65.9 Å². The number of hydrogen-bond acceptors (Lipinski definition) is 1. The lowest BCUT2D eigenvalue weighted by molar-refractivity contribution is -0.660. The molecule has 5 aromatic carbocycles. The number of aryl methyl sites for hydroxylation is 3. The maximum absolute atomic E-state index is 8.72. The van der Waals surface area contributed by atoms with Crippen molar-refractivity contribution in [1.82, 2.24) is 0 Å². The van der Waals surface area contributed by atoms with Crippen molar-refractivity contribution in [3.05, 3.63) is 138 Å². The predicted molar refractivity (Wildman–Crippen MR) is 194 cm³/mol. The number of nitrogens with zero attached hydrogens (tertiary/aromatic N) is 1. The summed E-state index contributed by atoms with van der Waals surface area (Å²) in [6.45, 7) is 8.56. The molecule has 0 N–H and O–H groups in total. The maximum atomic E-state index is 8.72. The fraction of sp³-hybridized carbons (Fsp3) is 0.205. The second-order valence-corrected chi connectivity index (χ2v) is 13.1. The summed E-state index contributed by atoms with van der Waals surface area (Å²) in [5.74, 6) is 0.324. The molecule has 0 radical (unpaired) electrons. The highest BCUT2D eigenvalue weighted by molar-refractivity contribution is 6.13. The molecular formula is C44H42NO+. The summed E-state index contributed by atoms with van der Waals surface area (Å²) < 4.78 is 35.0. The number of hydrogen-bond donors (Lipinski definition) is 0. The van der Waals surface area contributed by atoms with Gasteiger partial charge in [-0.1, -0.05) is 131 Å². The van der Waals surface area contributed by atoms with E-state index in [1.807, 2.05) is 42.1 Å². The van der Waals surface area contributed by atoms with Gasteiger partial charge in [0.05, 0.1) is 5.56 Å². The predicted octanol–water partition coefficient (Wildman–Crippen LogP) is 11.9. The van der Waals surface area contributed by atoms with Crippen LogP contribution in [0.5, 0.6) is 0 Å². The van der Waals surface area contributed by atoms with Gasteiger partial charge in [0.15, 0.2) is 6.20 Å². The lowest BCUT2D eigenvalue weighted by Gasteiger charge is -2.23. The first-order valence-corrected chi connectivity index (χ1v) is 16.2. The summed E-state index contributed by atoms with van der Waals surface area (Å²) in [7, 11) is 1.94. The van der Waals surface area contributed by atoms with Crippen LogP contribution in [0.3, 0.4) is 0 Å². The third-order valence-corrected chi connectivity index (χ3v) is 9.31. The number of benzene rings is 5. The van der Waals surface area contributed by atoms with Gasteiger partial charge in [-0.15, -0.1) is 0 Å². The molecule has 2 heterocycles. The van der Waals surface area contributed by atoms with Gasteiger partial charge in [-0.05, 0) is 70.1 Å². The number of fused-ring (bicyclic) bond motifs is 3. The Balaban J connectivity index is 1.55. The lowest BCUT2D eigenvalue weighted by atomic mass is 9.81. The molecule has 228 valence electrons. The molecule has 0 amide bonds. The number of pyridine rings is 1. The van der Waals surface area contributed by atoms with E-state index in [0.717, 1.165) is 83.3 Å². The third kappa shape index (κ3) is 5.03. The second kappa shape index (κ2) is 11.8. The van der Waals surface area contributed by atoms with E-state index >= 15 is 0 Å².